The molecule has 2 heterocycles. The van der Waals surface area contributed by atoms with Gasteiger partial charge in [-0.15, -0.1) is 0 Å². The van der Waals surface area contributed by atoms with Crippen molar-refractivity contribution in [1.29, 1.82) is 0 Å². The quantitative estimate of drug-likeness (QED) is 0.199. The van der Waals surface area contributed by atoms with E-state index in [0.29, 0.717) is 18.3 Å². The van der Waals surface area contributed by atoms with Gasteiger partial charge in [-0.1, -0.05) is 0 Å². The molecule has 1 aliphatic heterocycles. The van der Waals surface area contributed by atoms with Gasteiger partial charge in [0.2, 0.25) is 0 Å². The van der Waals surface area contributed by atoms with E-state index in [4.69, 9.17) is 9.73 Å². The Morgan fingerprint density at radius 3 is 2.56 bits per heavy atom. The van der Waals surface area contributed by atoms with Gasteiger partial charge >= 0.3 is 215 Å². The summed E-state index contributed by atoms with van der Waals surface area (Å²) < 4.78 is 41.8. The number of benzene rings is 3. The SMILES string of the molecule is COc1ccc2c(ccc(/C=C3/N=c4ccccc4=[Se]3CCCS(=O)(=O)O)[n+]2Cc2ccccc2)c1. The van der Waals surface area contributed by atoms with Crippen LogP contribution >= 0.6 is 0 Å². The summed E-state index contributed by atoms with van der Waals surface area (Å²) in [5.41, 5.74) is 3.32. The summed E-state index contributed by atoms with van der Waals surface area (Å²) in [6.45, 7) is 0.698. The molecule has 3 aromatic carbocycles. The van der Waals surface area contributed by atoms with Gasteiger partial charge < -0.3 is 0 Å². The van der Waals surface area contributed by atoms with Crippen molar-refractivity contribution in [3.63, 3.8) is 0 Å². The van der Waals surface area contributed by atoms with Crippen LogP contribution in [0.5, 0.6) is 5.75 Å². The fraction of sp³-hybridized carbons (Fsp3) is 0.179. The van der Waals surface area contributed by atoms with E-state index >= 15 is 0 Å². The Morgan fingerprint density at radius 1 is 1.00 bits per heavy atom. The molecule has 0 fully saturated rings. The van der Waals surface area contributed by atoms with Crippen molar-refractivity contribution < 1.29 is 22.3 Å². The van der Waals surface area contributed by atoms with Crippen molar-refractivity contribution in [3.8, 4) is 5.75 Å². The van der Waals surface area contributed by atoms with Crippen LogP contribution in [0.1, 0.15) is 17.7 Å². The number of hydrogen-bond donors (Lipinski definition) is 1. The van der Waals surface area contributed by atoms with E-state index in [9.17, 15) is 13.0 Å². The predicted octanol–water partition coefficient (Wildman–Crippen LogP) is 4.00. The van der Waals surface area contributed by atoms with Crippen LogP contribution in [-0.4, -0.2) is 39.3 Å². The Hall–Kier alpha value is -3.16. The maximum atomic E-state index is 11.3. The van der Waals surface area contributed by atoms with Gasteiger partial charge in [0, 0.05) is 0 Å². The molecule has 0 saturated carbocycles. The van der Waals surface area contributed by atoms with Gasteiger partial charge in [-0.2, -0.15) is 0 Å². The average Bonchev–Trinajstić information content (AvgIpc) is 3.22. The van der Waals surface area contributed by atoms with Crippen LogP contribution in [0.25, 0.3) is 17.0 Å². The molecule has 0 spiro atoms. The van der Waals surface area contributed by atoms with Crippen molar-refractivity contribution in [1.82, 2.24) is 0 Å². The predicted molar refractivity (Wildman–Crippen MR) is 142 cm³/mol. The zero-order valence-corrected chi connectivity index (χ0v) is 22.4. The molecular weight excluding hydrogens is 539 g/mol. The third-order valence-electron chi connectivity index (χ3n) is 6.09. The first-order chi connectivity index (χ1) is 17.4. The van der Waals surface area contributed by atoms with E-state index in [1.807, 2.05) is 48.5 Å². The van der Waals surface area contributed by atoms with Crippen LogP contribution in [0, 0.1) is 4.06 Å². The number of fused-ring (bicyclic) bond motifs is 2. The van der Waals surface area contributed by atoms with Gasteiger partial charge in [-0.25, -0.2) is 0 Å². The third-order valence-corrected chi connectivity index (χ3v) is 11.7. The molecule has 0 radical (unpaired) electrons. The van der Waals surface area contributed by atoms with E-state index in [1.165, 1.54) is 9.63 Å². The van der Waals surface area contributed by atoms with E-state index in [-0.39, 0.29) is 5.75 Å². The van der Waals surface area contributed by atoms with Crippen LogP contribution in [0.2, 0.25) is 5.32 Å². The van der Waals surface area contributed by atoms with Gasteiger partial charge in [-0.05, 0) is 0 Å². The number of ether oxygens (including phenoxy) is 1. The minimum absolute atomic E-state index is 0.228. The van der Waals surface area contributed by atoms with E-state index in [0.717, 1.165) is 32.3 Å². The van der Waals surface area contributed by atoms with Crippen LogP contribution in [0.15, 0.2) is 94.5 Å². The summed E-state index contributed by atoms with van der Waals surface area (Å²) in [6, 6.07) is 28.7. The Bertz CT molecular complexity index is 1700. The number of aromatic nitrogens is 1. The molecule has 0 bridgehead atoms. The average molecular weight is 567 g/mol. The molecule has 0 saturated heterocycles. The Kier molecular flexibility index (Phi) is 7.12. The molecule has 4 aromatic rings. The molecule has 1 N–H and O–H groups in total. The fourth-order valence-corrected chi connectivity index (χ4v) is 9.86. The summed E-state index contributed by atoms with van der Waals surface area (Å²) in [5, 5.41) is 2.75. The molecule has 5 rings (SSSR count). The summed E-state index contributed by atoms with van der Waals surface area (Å²) in [4.78, 5) is 4.97. The number of rotatable bonds is 8. The Morgan fingerprint density at radius 2 is 1.78 bits per heavy atom. The maximum absolute atomic E-state index is 11.3. The Balaban J connectivity index is 1.63. The van der Waals surface area contributed by atoms with Crippen LogP contribution in [-0.2, 0) is 16.7 Å². The van der Waals surface area contributed by atoms with Gasteiger partial charge in [0.25, 0.3) is 0 Å². The number of methoxy groups -OCH3 is 1. The molecular formula is C28H27N2O4SSe+. The summed E-state index contributed by atoms with van der Waals surface area (Å²) in [6.07, 6.45) is 2.57. The standard InChI is InChI=1S/C28H26N2O4SSe/c1-34-24-14-15-26-22(18-24)12-13-23(30(26)20-21-8-3-2-4-9-21)19-28-29-25-10-5-6-11-27(25)36(28)17-7-16-35(31,32)33/h2-6,8-15,18-19H,7,16-17,20H2,1H3/p+1. The summed E-state index contributed by atoms with van der Waals surface area (Å²) in [5.74, 6) is 0.584. The van der Waals surface area contributed by atoms with E-state index < -0.39 is 23.6 Å². The molecule has 36 heavy (non-hydrogen) atoms. The first kappa shape index (κ1) is 24.5. The first-order valence-electron chi connectivity index (χ1n) is 11.6. The molecule has 6 nitrogen and oxygen atoms in total. The molecule has 8 heteroatoms. The molecule has 0 aliphatic carbocycles. The molecule has 1 unspecified atom stereocenters. The second-order valence-corrected chi connectivity index (χ2v) is 14.4. The second kappa shape index (κ2) is 10.4. The van der Waals surface area contributed by atoms with E-state index in [2.05, 4.69) is 47.0 Å². The summed E-state index contributed by atoms with van der Waals surface area (Å²) in [7, 11) is -2.32. The molecule has 1 aliphatic rings. The number of hydrogen-bond acceptors (Lipinski definition) is 4. The van der Waals surface area contributed by atoms with Gasteiger partial charge in [-0.3, -0.25) is 0 Å². The molecule has 1 atom stereocenters. The monoisotopic (exact) mass is 567 g/mol. The first-order valence-corrected chi connectivity index (χ1v) is 16.2. The topological polar surface area (TPSA) is 79.8 Å². The summed E-state index contributed by atoms with van der Waals surface area (Å²) >= 11 is -1.58. The third kappa shape index (κ3) is 5.47. The minimum atomic E-state index is -3.99. The molecule has 0 amide bonds. The Labute approximate surface area is 214 Å². The zero-order valence-electron chi connectivity index (χ0n) is 19.9. The van der Waals surface area contributed by atoms with Crippen LogP contribution < -0.4 is 14.7 Å². The van der Waals surface area contributed by atoms with Gasteiger partial charge in [0.1, 0.15) is 0 Å². The van der Waals surface area contributed by atoms with Crippen molar-refractivity contribution in [3.05, 3.63) is 110 Å². The molecule has 1 aromatic heterocycles. The van der Waals surface area contributed by atoms with Crippen molar-refractivity contribution in [2.24, 2.45) is 4.99 Å². The number of nitrogens with zero attached hydrogens (tertiary/aromatic N) is 2. The van der Waals surface area contributed by atoms with Crippen molar-refractivity contribution in [2.75, 3.05) is 12.9 Å². The van der Waals surface area contributed by atoms with Gasteiger partial charge in [0.05, 0.1) is 0 Å². The van der Waals surface area contributed by atoms with Crippen LogP contribution in [0.3, 0.4) is 0 Å². The van der Waals surface area contributed by atoms with Crippen LogP contribution in [0.4, 0.5) is 0 Å². The van der Waals surface area contributed by atoms with E-state index in [1.54, 1.807) is 7.11 Å². The molecule has 184 valence electrons. The van der Waals surface area contributed by atoms with Gasteiger partial charge in [0.15, 0.2) is 0 Å². The number of para-hydroxylation sites is 1. The second-order valence-electron chi connectivity index (χ2n) is 8.55. The van der Waals surface area contributed by atoms with Crippen molar-refractivity contribution in [2.45, 2.75) is 18.3 Å². The number of pyridine rings is 1. The fourth-order valence-electron chi connectivity index (χ4n) is 4.39. The van der Waals surface area contributed by atoms with Crippen molar-refractivity contribution >= 4 is 40.6 Å². The normalized spacial score (nSPS) is 16.2. The zero-order chi connectivity index (χ0) is 25.1.